The minimum Gasteiger partial charge on any atom is -0.322 e. The SMILES string of the molecule is O=C(Nc1ccc(-n2ccnc2)c(Cl)c1)c1ccc(S(=O)(=O)N2CCCCCC2)cc1. The van der Waals surface area contributed by atoms with Crippen molar-refractivity contribution in [1.29, 1.82) is 0 Å². The number of halogens is 1. The molecule has 1 N–H and O–H groups in total. The molecular weight excluding hydrogens is 436 g/mol. The Hall–Kier alpha value is -2.68. The minimum atomic E-state index is -3.54. The molecule has 9 heteroatoms. The number of carbonyl (C=O) groups is 1. The number of sulfonamides is 1. The largest absolute Gasteiger partial charge is 0.322 e. The molecule has 1 aromatic heterocycles. The van der Waals surface area contributed by atoms with E-state index in [4.69, 9.17) is 11.6 Å². The summed E-state index contributed by atoms with van der Waals surface area (Å²) in [6, 6.07) is 11.2. The van der Waals surface area contributed by atoms with Crippen molar-refractivity contribution in [2.45, 2.75) is 30.6 Å². The van der Waals surface area contributed by atoms with Crippen LogP contribution >= 0.6 is 11.6 Å². The summed E-state index contributed by atoms with van der Waals surface area (Å²) < 4.78 is 29.1. The zero-order chi connectivity index (χ0) is 21.8. The van der Waals surface area contributed by atoms with E-state index in [9.17, 15) is 13.2 Å². The van der Waals surface area contributed by atoms with Gasteiger partial charge in [-0.3, -0.25) is 4.79 Å². The zero-order valence-corrected chi connectivity index (χ0v) is 18.4. The molecule has 1 aliphatic rings. The molecule has 162 valence electrons. The molecule has 0 bridgehead atoms. The van der Waals surface area contributed by atoms with Crippen LogP contribution in [0.4, 0.5) is 5.69 Å². The summed E-state index contributed by atoms with van der Waals surface area (Å²) >= 11 is 6.34. The first-order valence-corrected chi connectivity index (χ1v) is 12.0. The van der Waals surface area contributed by atoms with E-state index in [1.807, 2.05) is 0 Å². The molecule has 1 amide bonds. The Bertz CT molecular complexity index is 1150. The van der Waals surface area contributed by atoms with Crippen molar-refractivity contribution in [3.63, 3.8) is 0 Å². The van der Waals surface area contributed by atoms with Crippen LogP contribution in [0.5, 0.6) is 0 Å². The van der Waals surface area contributed by atoms with E-state index < -0.39 is 10.0 Å². The second kappa shape index (κ2) is 9.21. The number of nitrogens with zero attached hydrogens (tertiary/aromatic N) is 3. The van der Waals surface area contributed by atoms with E-state index in [0.29, 0.717) is 29.4 Å². The molecule has 2 heterocycles. The lowest BCUT2D eigenvalue weighted by atomic mass is 10.2. The molecule has 0 saturated carbocycles. The normalized spacial score (nSPS) is 15.4. The number of aromatic nitrogens is 2. The minimum absolute atomic E-state index is 0.207. The maximum Gasteiger partial charge on any atom is 0.255 e. The molecule has 2 aromatic carbocycles. The van der Waals surface area contributed by atoms with Crippen LogP contribution in [0.1, 0.15) is 36.0 Å². The summed E-state index contributed by atoms with van der Waals surface area (Å²) in [6.45, 7) is 1.08. The molecule has 1 saturated heterocycles. The Balaban J connectivity index is 1.47. The van der Waals surface area contributed by atoms with Crippen molar-refractivity contribution in [3.8, 4) is 5.69 Å². The van der Waals surface area contributed by atoms with Gasteiger partial charge in [-0.25, -0.2) is 13.4 Å². The number of carbonyl (C=O) groups excluding carboxylic acids is 1. The number of amides is 1. The Kier molecular flexibility index (Phi) is 6.41. The summed E-state index contributed by atoms with van der Waals surface area (Å²) in [7, 11) is -3.54. The second-order valence-corrected chi connectivity index (χ2v) is 9.78. The van der Waals surface area contributed by atoms with Gasteiger partial charge in [0.2, 0.25) is 10.0 Å². The first-order valence-electron chi connectivity index (χ1n) is 10.1. The van der Waals surface area contributed by atoms with Gasteiger partial charge in [0.1, 0.15) is 0 Å². The van der Waals surface area contributed by atoms with Crippen LogP contribution in [0.3, 0.4) is 0 Å². The van der Waals surface area contributed by atoms with Crippen LogP contribution in [-0.4, -0.2) is 41.3 Å². The summed E-state index contributed by atoms with van der Waals surface area (Å²) in [5.41, 5.74) is 1.66. The average molecular weight is 459 g/mol. The fraction of sp³-hybridized carbons (Fsp3) is 0.273. The van der Waals surface area contributed by atoms with Crippen LogP contribution in [0.2, 0.25) is 5.02 Å². The first-order chi connectivity index (χ1) is 14.9. The molecule has 3 aromatic rings. The van der Waals surface area contributed by atoms with Crippen molar-refractivity contribution < 1.29 is 13.2 Å². The van der Waals surface area contributed by atoms with E-state index in [1.165, 1.54) is 24.3 Å². The summed E-state index contributed by atoms with van der Waals surface area (Å²) in [5, 5.41) is 3.26. The van der Waals surface area contributed by atoms with E-state index in [0.717, 1.165) is 31.4 Å². The Morgan fingerprint density at radius 1 is 1.00 bits per heavy atom. The second-order valence-electron chi connectivity index (χ2n) is 7.43. The van der Waals surface area contributed by atoms with Gasteiger partial charge in [0, 0.05) is 36.7 Å². The molecule has 0 radical (unpaired) electrons. The van der Waals surface area contributed by atoms with Crippen molar-refractivity contribution in [3.05, 3.63) is 71.8 Å². The number of anilines is 1. The Morgan fingerprint density at radius 2 is 1.71 bits per heavy atom. The number of imidazole rings is 1. The lowest BCUT2D eigenvalue weighted by Crippen LogP contribution is -2.31. The van der Waals surface area contributed by atoms with E-state index in [1.54, 1.807) is 45.8 Å². The van der Waals surface area contributed by atoms with Gasteiger partial charge in [-0.1, -0.05) is 24.4 Å². The van der Waals surface area contributed by atoms with Gasteiger partial charge in [0.15, 0.2) is 0 Å². The van der Waals surface area contributed by atoms with E-state index in [-0.39, 0.29) is 10.8 Å². The van der Waals surface area contributed by atoms with Gasteiger partial charge < -0.3 is 9.88 Å². The van der Waals surface area contributed by atoms with Crippen LogP contribution in [-0.2, 0) is 10.0 Å². The predicted molar refractivity (Wildman–Crippen MR) is 120 cm³/mol. The maximum atomic E-state index is 12.9. The third-order valence-electron chi connectivity index (χ3n) is 5.31. The first kappa shape index (κ1) is 21.5. The number of hydrogen-bond acceptors (Lipinski definition) is 4. The van der Waals surface area contributed by atoms with Gasteiger partial charge in [-0.15, -0.1) is 0 Å². The standard InChI is InChI=1S/C22H23ClN4O3S/c23-20-15-18(7-10-21(20)26-14-11-24-16-26)25-22(28)17-5-8-19(9-6-17)31(29,30)27-12-3-1-2-4-13-27/h5-11,14-16H,1-4,12-13H2,(H,25,28). The average Bonchev–Trinajstić information content (AvgIpc) is 3.14. The highest BCUT2D eigenvalue weighted by Crippen LogP contribution is 2.25. The third-order valence-corrected chi connectivity index (χ3v) is 7.52. The zero-order valence-electron chi connectivity index (χ0n) is 16.9. The maximum absolute atomic E-state index is 12.9. The fourth-order valence-electron chi connectivity index (χ4n) is 3.61. The van der Waals surface area contributed by atoms with Gasteiger partial charge in [-0.05, 0) is 55.3 Å². The highest BCUT2D eigenvalue weighted by molar-refractivity contribution is 7.89. The Morgan fingerprint density at radius 3 is 2.32 bits per heavy atom. The smallest absolute Gasteiger partial charge is 0.255 e. The van der Waals surface area contributed by atoms with Crippen LogP contribution in [0.25, 0.3) is 5.69 Å². The number of hydrogen-bond donors (Lipinski definition) is 1. The predicted octanol–water partition coefficient (Wildman–Crippen LogP) is 4.34. The lowest BCUT2D eigenvalue weighted by molar-refractivity contribution is 0.102. The number of nitrogens with one attached hydrogen (secondary N) is 1. The molecule has 0 aliphatic carbocycles. The summed E-state index contributed by atoms with van der Waals surface area (Å²) in [4.78, 5) is 16.8. The van der Waals surface area contributed by atoms with Crippen molar-refractivity contribution in [1.82, 2.24) is 13.9 Å². The molecule has 0 unspecified atom stereocenters. The fourth-order valence-corrected chi connectivity index (χ4v) is 5.40. The molecule has 1 fully saturated rings. The Labute approximate surface area is 186 Å². The van der Waals surface area contributed by atoms with Crippen molar-refractivity contribution in [2.24, 2.45) is 0 Å². The van der Waals surface area contributed by atoms with Gasteiger partial charge in [0.25, 0.3) is 5.91 Å². The molecular formula is C22H23ClN4O3S. The van der Waals surface area contributed by atoms with E-state index >= 15 is 0 Å². The molecule has 4 rings (SSSR count). The van der Waals surface area contributed by atoms with Crippen molar-refractivity contribution >= 4 is 33.2 Å². The lowest BCUT2D eigenvalue weighted by Gasteiger charge is -2.20. The summed E-state index contributed by atoms with van der Waals surface area (Å²) in [6.07, 6.45) is 8.94. The number of rotatable bonds is 5. The molecule has 1 aliphatic heterocycles. The van der Waals surface area contributed by atoms with Gasteiger partial charge >= 0.3 is 0 Å². The van der Waals surface area contributed by atoms with Crippen molar-refractivity contribution in [2.75, 3.05) is 18.4 Å². The quantitative estimate of drug-likeness (QED) is 0.616. The summed E-state index contributed by atoms with van der Waals surface area (Å²) in [5.74, 6) is -0.342. The molecule has 0 atom stereocenters. The van der Waals surface area contributed by atoms with Crippen LogP contribution in [0, 0.1) is 0 Å². The van der Waals surface area contributed by atoms with Gasteiger partial charge in [-0.2, -0.15) is 4.31 Å². The molecule has 31 heavy (non-hydrogen) atoms. The highest BCUT2D eigenvalue weighted by Gasteiger charge is 2.25. The topological polar surface area (TPSA) is 84.3 Å². The van der Waals surface area contributed by atoms with Gasteiger partial charge in [0.05, 0.1) is 21.9 Å². The van der Waals surface area contributed by atoms with E-state index in [2.05, 4.69) is 10.3 Å². The molecule has 7 nitrogen and oxygen atoms in total. The highest BCUT2D eigenvalue weighted by atomic mass is 35.5. The van der Waals surface area contributed by atoms with Crippen LogP contribution < -0.4 is 5.32 Å². The number of benzene rings is 2. The monoisotopic (exact) mass is 458 g/mol. The van der Waals surface area contributed by atoms with Crippen LogP contribution in [0.15, 0.2) is 66.1 Å². The third kappa shape index (κ3) is 4.81. The molecule has 0 spiro atoms.